The molecule has 0 radical (unpaired) electrons. The van der Waals surface area contributed by atoms with E-state index in [0.717, 1.165) is 30.9 Å². The van der Waals surface area contributed by atoms with E-state index in [1.54, 1.807) is 0 Å². The lowest BCUT2D eigenvalue weighted by Gasteiger charge is -2.23. The molecule has 0 fully saturated rings. The maximum absolute atomic E-state index is 8.95. The quantitative estimate of drug-likeness (QED) is 0.805. The molecule has 2 unspecified atom stereocenters. The number of fused-ring (bicyclic) bond motifs is 1. The van der Waals surface area contributed by atoms with Crippen LogP contribution in [0.25, 0.3) is 0 Å². The maximum atomic E-state index is 8.95. The molecular weight excluding hydrogens is 254 g/mol. The Balaban J connectivity index is 2.00. The first-order valence-corrected chi connectivity index (χ1v) is 7.48. The van der Waals surface area contributed by atoms with Gasteiger partial charge < -0.3 is 19.9 Å². The van der Waals surface area contributed by atoms with Crippen LogP contribution in [0.5, 0.6) is 11.5 Å². The Morgan fingerprint density at radius 1 is 1.25 bits per heavy atom. The fourth-order valence-electron chi connectivity index (χ4n) is 2.44. The van der Waals surface area contributed by atoms with E-state index in [2.05, 4.69) is 31.3 Å². The Kier molecular flexibility index (Phi) is 5.68. The number of hydrogen-bond acceptors (Lipinski definition) is 4. The highest BCUT2D eigenvalue weighted by molar-refractivity contribution is 5.44. The Morgan fingerprint density at radius 2 is 2.00 bits per heavy atom. The van der Waals surface area contributed by atoms with Crippen molar-refractivity contribution in [1.29, 1.82) is 0 Å². The number of aliphatic hydroxyl groups is 1. The highest BCUT2D eigenvalue weighted by Gasteiger charge is 2.16. The second-order valence-corrected chi connectivity index (χ2v) is 5.39. The van der Waals surface area contributed by atoms with Crippen molar-refractivity contribution in [3.05, 3.63) is 23.8 Å². The largest absolute Gasteiger partial charge is 0.486 e. The van der Waals surface area contributed by atoms with Gasteiger partial charge in [0.05, 0.1) is 0 Å². The molecule has 112 valence electrons. The molecule has 4 nitrogen and oxygen atoms in total. The van der Waals surface area contributed by atoms with Crippen molar-refractivity contribution in [3.63, 3.8) is 0 Å². The topological polar surface area (TPSA) is 50.7 Å². The van der Waals surface area contributed by atoms with Gasteiger partial charge in [-0.3, -0.25) is 0 Å². The first kappa shape index (κ1) is 15.1. The van der Waals surface area contributed by atoms with Crippen molar-refractivity contribution < 1.29 is 14.6 Å². The van der Waals surface area contributed by atoms with Gasteiger partial charge in [-0.05, 0) is 43.0 Å². The van der Waals surface area contributed by atoms with Crippen molar-refractivity contribution in [2.24, 2.45) is 5.92 Å². The highest BCUT2D eigenvalue weighted by Crippen LogP contribution is 2.33. The number of hydrogen-bond donors (Lipinski definition) is 2. The van der Waals surface area contributed by atoms with Crippen molar-refractivity contribution in [2.75, 3.05) is 26.4 Å². The lowest BCUT2D eigenvalue weighted by Crippen LogP contribution is -2.26. The summed E-state index contributed by atoms with van der Waals surface area (Å²) in [4.78, 5) is 0. The highest BCUT2D eigenvalue weighted by atomic mass is 16.6. The molecule has 0 saturated heterocycles. The van der Waals surface area contributed by atoms with Crippen LogP contribution in [0, 0.1) is 5.92 Å². The molecule has 2 rings (SSSR count). The molecule has 0 amide bonds. The number of nitrogens with one attached hydrogen (secondary N) is 1. The second kappa shape index (κ2) is 7.50. The van der Waals surface area contributed by atoms with E-state index in [9.17, 15) is 0 Å². The first-order valence-electron chi connectivity index (χ1n) is 7.48. The Morgan fingerprint density at radius 3 is 2.70 bits per heavy atom. The zero-order valence-corrected chi connectivity index (χ0v) is 12.4. The number of aliphatic hydroxyl groups excluding tert-OH is 1. The second-order valence-electron chi connectivity index (χ2n) is 5.39. The molecule has 1 aromatic carbocycles. The van der Waals surface area contributed by atoms with E-state index >= 15 is 0 Å². The predicted octanol–water partition coefficient (Wildman–Crippen LogP) is 2.52. The van der Waals surface area contributed by atoms with Crippen LogP contribution in [-0.2, 0) is 0 Å². The third kappa shape index (κ3) is 3.87. The molecule has 0 aliphatic carbocycles. The van der Waals surface area contributed by atoms with Gasteiger partial charge in [0, 0.05) is 12.6 Å². The lowest BCUT2D eigenvalue weighted by atomic mass is 10.0. The first-order chi connectivity index (χ1) is 9.74. The lowest BCUT2D eigenvalue weighted by molar-refractivity contribution is 0.171. The van der Waals surface area contributed by atoms with Crippen LogP contribution < -0.4 is 14.8 Å². The molecule has 1 heterocycles. The molecule has 1 aromatic rings. The minimum Gasteiger partial charge on any atom is -0.486 e. The number of ether oxygens (including phenoxy) is 2. The molecule has 0 saturated carbocycles. The summed E-state index contributed by atoms with van der Waals surface area (Å²) in [5.74, 6) is 2.16. The van der Waals surface area contributed by atoms with E-state index in [1.807, 2.05) is 6.07 Å². The summed E-state index contributed by atoms with van der Waals surface area (Å²) in [6, 6.07) is 6.48. The van der Waals surface area contributed by atoms with Gasteiger partial charge in [-0.25, -0.2) is 0 Å². The molecule has 20 heavy (non-hydrogen) atoms. The molecule has 2 atom stereocenters. The average Bonchev–Trinajstić information content (AvgIpc) is 2.48. The number of benzene rings is 1. The molecule has 0 bridgehead atoms. The Bertz CT molecular complexity index is 422. The van der Waals surface area contributed by atoms with Gasteiger partial charge in [-0.2, -0.15) is 0 Å². The molecule has 0 aromatic heterocycles. The molecule has 2 N–H and O–H groups in total. The zero-order chi connectivity index (χ0) is 14.4. The summed E-state index contributed by atoms with van der Waals surface area (Å²) in [5.41, 5.74) is 1.23. The van der Waals surface area contributed by atoms with Crippen molar-refractivity contribution >= 4 is 0 Å². The SMILES string of the molecule is CCC(NCC(C)CCO)c1ccc2c(c1)OCCO2. The Labute approximate surface area is 121 Å². The average molecular weight is 279 g/mol. The van der Waals surface area contributed by atoms with E-state index < -0.39 is 0 Å². The van der Waals surface area contributed by atoms with E-state index in [0.29, 0.717) is 25.2 Å². The van der Waals surface area contributed by atoms with Gasteiger partial charge in [0.25, 0.3) is 0 Å². The van der Waals surface area contributed by atoms with E-state index in [4.69, 9.17) is 14.6 Å². The molecule has 1 aliphatic heterocycles. The smallest absolute Gasteiger partial charge is 0.161 e. The van der Waals surface area contributed by atoms with Crippen molar-refractivity contribution in [3.8, 4) is 11.5 Å². The third-order valence-electron chi connectivity index (χ3n) is 3.71. The van der Waals surface area contributed by atoms with Gasteiger partial charge in [-0.15, -0.1) is 0 Å². The summed E-state index contributed by atoms with van der Waals surface area (Å²) in [6.07, 6.45) is 1.86. The fraction of sp³-hybridized carbons (Fsp3) is 0.625. The standard InChI is InChI=1S/C16H25NO3/c1-3-14(17-11-12(2)6-7-18)13-4-5-15-16(10-13)20-9-8-19-15/h4-5,10,12,14,17-18H,3,6-9,11H2,1-2H3. The van der Waals surface area contributed by atoms with Crippen LogP contribution >= 0.6 is 0 Å². The van der Waals surface area contributed by atoms with E-state index in [-0.39, 0.29) is 6.61 Å². The maximum Gasteiger partial charge on any atom is 0.161 e. The van der Waals surface area contributed by atoms with Crippen LogP contribution in [0.15, 0.2) is 18.2 Å². The monoisotopic (exact) mass is 279 g/mol. The van der Waals surface area contributed by atoms with Crippen molar-refractivity contribution in [1.82, 2.24) is 5.32 Å². The molecule has 0 spiro atoms. The third-order valence-corrected chi connectivity index (χ3v) is 3.71. The van der Waals surface area contributed by atoms with Gasteiger partial charge >= 0.3 is 0 Å². The van der Waals surface area contributed by atoms with E-state index in [1.165, 1.54) is 5.56 Å². The van der Waals surface area contributed by atoms with Crippen LogP contribution in [0.2, 0.25) is 0 Å². The van der Waals surface area contributed by atoms with Crippen LogP contribution in [0.3, 0.4) is 0 Å². The molecular formula is C16H25NO3. The Hall–Kier alpha value is -1.26. The predicted molar refractivity (Wildman–Crippen MR) is 79.3 cm³/mol. The summed E-state index contributed by atoms with van der Waals surface area (Å²) < 4.78 is 11.2. The van der Waals surface area contributed by atoms with Crippen LogP contribution in [0.4, 0.5) is 0 Å². The van der Waals surface area contributed by atoms with Gasteiger partial charge in [0.1, 0.15) is 13.2 Å². The van der Waals surface area contributed by atoms with Crippen LogP contribution in [0.1, 0.15) is 38.3 Å². The number of rotatable bonds is 7. The molecule has 1 aliphatic rings. The minimum absolute atomic E-state index is 0.254. The fourth-order valence-corrected chi connectivity index (χ4v) is 2.44. The minimum atomic E-state index is 0.254. The summed E-state index contributed by atoms with van der Waals surface area (Å²) in [6.45, 7) is 6.73. The van der Waals surface area contributed by atoms with Crippen LogP contribution in [-0.4, -0.2) is 31.5 Å². The normalized spacial score (nSPS) is 16.8. The van der Waals surface area contributed by atoms with Gasteiger partial charge in [0.2, 0.25) is 0 Å². The summed E-state index contributed by atoms with van der Waals surface area (Å²) in [7, 11) is 0. The zero-order valence-electron chi connectivity index (χ0n) is 12.4. The summed E-state index contributed by atoms with van der Waals surface area (Å²) in [5, 5.41) is 12.5. The van der Waals surface area contributed by atoms with Gasteiger partial charge in [0.15, 0.2) is 11.5 Å². The molecule has 4 heteroatoms. The summed E-state index contributed by atoms with van der Waals surface area (Å²) >= 11 is 0. The van der Waals surface area contributed by atoms with Crippen molar-refractivity contribution in [2.45, 2.75) is 32.7 Å². The van der Waals surface area contributed by atoms with Gasteiger partial charge in [-0.1, -0.05) is 19.9 Å².